The minimum absolute atomic E-state index is 0.0310. The van der Waals surface area contributed by atoms with Gasteiger partial charge >= 0.3 is 0 Å². The lowest BCUT2D eigenvalue weighted by atomic mass is 10.1. The van der Waals surface area contributed by atoms with Gasteiger partial charge in [0.1, 0.15) is 12.4 Å². The van der Waals surface area contributed by atoms with Gasteiger partial charge in [-0.15, -0.1) is 0 Å². The molecule has 0 aliphatic carbocycles. The van der Waals surface area contributed by atoms with E-state index >= 15 is 0 Å². The van der Waals surface area contributed by atoms with E-state index in [0.29, 0.717) is 25.3 Å². The largest absolute Gasteiger partial charge is 0.376 e. The van der Waals surface area contributed by atoms with Crippen LogP contribution < -0.4 is 0 Å². The number of benzene rings is 1. The monoisotopic (exact) mass is 337 g/mol. The van der Waals surface area contributed by atoms with E-state index < -0.39 is 0 Å². The molecule has 2 aliphatic rings. The molecule has 2 fully saturated rings. The maximum absolute atomic E-state index is 13.5. The Kier molecular flexibility index (Phi) is 6.18. The van der Waals surface area contributed by atoms with Crippen molar-refractivity contribution in [2.45, 2.75) is 38.1 Å². The fourth-order valence-electron chi connectivity index (χ4n) is 2.88. The first kappa shape index (κ1) is 17.3. The van der Waals surface area contributed by atoms with Crippen LogP contribution in [0.25, 0.3) is 0 Å². The second-order valence-electron chi connectivity index (χ2n) is 6.33. The minimum atomic E-state index is -0.261. The fourth-order valence-corrected chi connectivity index (χ4v) is 2.88. The van der Waals surface area contributed by atoms with Gasteiger partial charge in [0.2, 0.25) is 5.91 Å². The molecule has 1 atom stereocenters. The van der Waals surface area contributed by atoms with E-state index in [1.165, 1.54) is 6.07 Å². The highest BCUT2D eigenvalue weighted by molar-refractivity contribution is 5.78. The molecule has 0 saturated carbocycles. The molecule has 5 nitrogen and oxygen atoms in total. The maximum Gasteiger partial charge on any atom is 0.248 e. The Balaban J connectivity index is 1.28. The van der Waals surface area contributed by atoms with Crippen molar-refractivity contribution in [3.63, 3.8) is 0 Å². The SMILES string of the molecule is O=C(COC[C@@H]1CCCCO1)N1CC(OCc2ccccc2F)C1. The predicted octanol–water partition coefficient (Wildman–Crippen LogP) is 2.14. The number of nitrogens with zero attached hydrogens (tertiary/aromatic N) is 1. The molecule has 2 heterocycles. The molecule has 0 aromatic heterocycles. The number of carbonyl (C=O) groups is 1. The maximum atomic E-state index is 13.5. The van der Waals surface area contributed by atoms with Gasteiger partial charge in [0.05, 0.1) is 25.4 Å². The van der Waals surface area contributed by atoms with E-state index in [0.717, 1.165) is 25.9 Å². The Morgan fingerprint density at radius 1 is 1.29 bits per heavy atom. The summed E-state index contributed by atoms with van der Waals surface area (Å²) in [6.45, 7) is 2.66. The molecule has 2 aliphatic heterocycles. The smallest absolute Gasteiger partial charge is 0.248 e. The molecule has 1 amide bonds. The van der Waals surface area contributed by atoms with Crippen LogP contribution in [0.5, 0.6) is 0 Å². The summed E-state index contributed by atoms with van der Waals surface area (Å²) in [6.07, 6.45) is 3.37. The van der Waals surface area contributed by atoms with Gasteiger partial charge in [-0.2, -0.15) is 0 Å². The predicted molar refractivity (Wildman–Crippen MR) is 86.0 cm³/mol. The third-order valence-corrected chi connectivity index (χ3v) is 4.44. The van der Waals surface area contributed by atoms with Crippen LogP contribution in [0.2, 0.25) is 0 Å². The molecule has 0 bridgehead atoms. The van der Waals surface area contributed by atoms with Gasteiger partial charge in [-0.25, -0.2) is 4.39 Å². The summed E-state index contributed by atoms with van der Waals surface area (Å²) < 4.78 is 30.1. The molecule has 1 aromatic rings. The van der Waals surface area contributed by atoms with Crippen molar-refractivity contribution >= 4 is 5.91 Å². The number of ether oxygens (including phenoxy) is 3. The number of rotatable bonds is 7. The summed E-state index contributed by atoms with van der Waals surface area (Å²) in [7, 11) is 0. The van der Waals surface area contributed by atoms with Crippen LogP contribution in [0.15, 0.2) is 24.3 Å². The second kappa shape index (κ2) is 8.55. The zero-order chi connectivity index (χ0) is 16.8. The molecule has 132 valence electrons. The van der Waals surface area contributed by atoms with Gasteiger partial charge in [0.15, 0.2) is 0 Å². The Morgan fingerprint density at radius 2 is 2.12 bits per heavy atom. The number of amides is 1. The average Bonchev–Trinajstić information content (AvgIpc) is 2.56. The van der Waals surface area contributed by atoms with E-state index in [2.05, 4.69) is 0 Å². The van der Waals surface area contributed by atoms with Gasteiger partial charge in [0, 0.05) is 25.3 Å². The van der Waals surface area contributed by atoms with Crippen LogP contribution in [-0.2, 0) is 25.6 Å². The van der Waals surface area contributed by atoms with Crippen molar-refractivity contribution in [2.24, 2.45) is 0 Å². The average molecular weight is 337 g/mol. The van der Waals surface area contributed by atoms with Crippen LogP contribution in [0.4, 0.5) is 4.39 Å². The molecule has 0 radical (unpaired) electrons. The summed E-state index contributed by atoms with van der Waals surface area (Å²) in [5.41, 5.74) is 0.540. The number of hydrogen-bond donors (Lipinski definition) is 0. The van der Waals surface area contributed by atoms with Crippen LogP contribution in [-0.4, -0.2) is 55.9 Å². The quantitative estimate of drug-likeness (QED) is 0.765. The lowest BCUT2D eigenvalue weighted by Gasteiger charge is -2.39. The van der Waals surface area contributed by atoms with Gasteiger partial charge in [-0.3, -0.25) is 4.79 Å². The first-order valence-corrected chi connectivity index (χ1v) is 8.54. The lowest BCUT2D eigenvalue weighted by molar-refractivity contribution is -0.152. The van der Waals surface area contributed by atoms with E-state index in [9.17, 15) is 9.18 Å². The third-order valence-electron chi connectivity index (χ3n) is 4.44. The van der Waals surface area contributed by atoms with Crippen LogP contribution in [0, 0.1) is 5.82 Å². The van der Waals surface area contributed by atoms with E-state index in [4.69, 9.17) is 14.2 Å². The van der Waals surface area contributed by atoms with Gasteiger partial charge in [-0.05, 0) is 25.3 Å². The van der Waals surface area contributed by atoms with Crippen LogP contribution in [0.3, 0.4) is 0 Å². The molecule has 0 N–H and O–H groups in total. The third kappa shape index (κ3) is 4.75. The Hall–Kier alpha value is -1.50. The summed E-state index contributed by atoms with van der Waals surface area (Å²) in [4.78, 5) is 13.7. The zero-order valence-electron chi connectivity index (χ0n) is 13.8. The Morgan fingerprint density at radius 3 is 2.88 bits per heavy atom. The van der Waals surface area contributed by atoms with Crippen LogP contribution >= 0.6 is 0 Å². The molecule has 3 rings (SSSR count). The standard InChI is InChI=1S/C18H24FNO4/c19-17-7-2-1-5-14(17)11-24-16-9-20(10-16)18(21)13-22-12-15-6-3-4-8-23-15/h1-2,5,7,15-16H,3-4,6,8-13H2/t15-/m0/s1. The van der Waals surface area contributed by atoms with Gasteiger partial charge in [0.25, 0.3) is 0 Å². The fraction of sp³-hybridized carbons (Fsp3) is 0.611. The van der Waals surface area contributed by atoms with E-state index in [1.807, 2.05) is 0 Å². The molecule has 1 aromatic carbocycles. The molecular weight excluding hydrogens is 313 g/mol. The van der Waals surface area contributed by atoms with E-state index in [1.54, 1.807) is 23.1 Å². The number of likely N-dealkylation sites (tertiary alicyclic amines) is 1. The van der Waals surface area contributed by atoms with Crippen molar-refractivity contribution < 1.29 is 23.4 Å². The minimum Gasteiger partial charge on any atom is -0.376 e. The Bertz CT molecular complexity index is 542. The van der Waals surface area contributed by atoms with Crippen molar-refractivity contribution in [3.8, 4) is 0 Å². The van der Waals surface area contributed by atoms with E-state index in [-0.39, 0.29) is 37.1 Å². The van der Waals surface area contributed by atoms with Crippen molar-refractivity contribution in [2.75, 3.05) is 32.9 Å². The number of carbonyl (C=O) groups excluding carboxylic acids is 1. The highest BCUT2D eigenvalue weighted by atomic mass is 19.1. The normalized spacial score (nSPS) is 21.5. The van der Waals surface area contributed by atoms with Crippen molar-refractivity contribution in [1.29, 1.82) is 0 Å². The van der Waals surface area contributed by atoms with Crippen molar-refractivity contribution in [3.05, 3.63) is 35.6 Å². The molecule has 2 saturated heterocycles. The van der Waals surface area contributed by atoms with Crippen LogP contribution in [0.1, 0.15) is 24.8 Å². The zero-order valence-corrected chi connectivity index (χ0v) is 13.8. The van der Waals surface area contributed by atoms with Gasteiger partial charge < -0.3 is 19.1 Å². The number of hydrogen-bond acceptors (Lipinski definition) is 4. The highest BCUT2D eigenvalue weighted by Gasteiger charge is 2.31. The first-order valence-electron chi connectivity index (χ1n) is 8.54. The molecular formula is C18H24FNO4. The topological polar surface area (TPSA) is 48.0 Å². The Labute approximate surface area is 141 Å². The summed E-state index contributed by atoms with van der Waals surface area (Å²) >= 11 is 0. The summed E-state index contributed by atoms with van der Waals surface area (Å²) in [5.74, 6) is -0.292. The summed E-state index contributed by atoms with van der Waals surface area (Å²) in [6, 6.07) is 6.56. The molecule has 0 unspecified atom stereocenters. The lowest BCUT2D eigenvalue weighted by Crippen LogP contribution is -2.55. The molecule has 24 heavy (non-hydrogen) atoms. The van der Waals surface area contributed by atoms with Gasteiger partial charge in [-0.1, -0.05) is 18.2 Å². The first-order chi connectivity index (χ1) is 11.7. The summed E-state index contributed by atoms with van der Waals surface area (Å²) in [5, 5.41) is 0. The second-order valence-corrected chi connectivity index (χ2v) is 6.33. The number of halogens is 1. The van der Waals surface area contributed by atoms with Crippen molar-refractivity contribution in [1.82, 2.24) is 4.90 Å². The highest BCUT2D eigenvalue weighted by Crippen LogP contribution is 2.16. The molecule has 6 heteroatoms. The molecule has 0 spiro atoms.